The van der Waals surface area contributed by atoms with Crippen molar-refractivity contribution in [1.29, 1.82) is 0 Å². The lowest BCUT2D eigenvalue weighted by Gasteiger charge is -2.22. The van der Waals surface area contributed by atoms with Gasteiger partial charge in [-0.2, -0.15) is 0 Å². The second kappa shape index (κ2) is 8.06. The van der Waals surface area contributed by atoms with E-state index in [1.54, 1.807) is 0 Å². The Balaban J connectivity index is 4.57. The van der Waals surface area contributed by atoms with Crippen LogP contribution in [0.4, 0.5) is 0 Å². The van der Waals surface area contributed by atoms with Crippen LogP contribution in [-0.2, 0) is 14.3 Å². The number of carbonyl (C=O) groups is 2. The van der Waals surface area contributed by atoms with Crippen LogP contribution >= 0.6 is 0 Å². The molecule has 0 saturated carbocycles. The maximum absolute atomic E-state index is 11.5. The van der Waals surface area contributed by atoms with E-state index in [9.17, 15) is 9.59 Å². The van der Waals surface area contributed by atoms with Crippen molar-refractivity contribution in [2.24, 2.45) is 5.92 Å². The van der Waals surface area contributed by atoms with Crippen molar-refractivity contribution in [3.8, 4) is 0 Å². The van der Waals surface area contributed by atoms with Gasteiger partial charge in [0, 0.05) is 0 Å². The normalized spacial score (nSPS) is 14.4. The number of ether oxygens (including phenoxy) is 1. The number of hydrogen-bond acceptors (Lipinski definition) is 4. The SMILES string of the molecule is CCCC(NC(CC(C)C)C(=O)OC)C(=O)O. The summed E-state index contributed by atoms with van der Waals surface area (Å²) in [6, 6.07) is -1.24. The first kappa shape index (κ1) is 15.9. The van der Waals surface area contributed by atoms with Crippen molar-refractivity contribution < 1.29 is 19.4 Å². The molecule has 0 bridgehead atoms. The zero-order chi connectivity index (χ0) is 13.4. The van der Waals surface area contributed by atoms with Gasteiger partial charge < -0.3 is 9.84 Å². The molecule has 5 heteroatoms. The topological polar surface area (TPSA) is 75.6 Å². The monoisotopic (exact) mass is 245 g/mol. The molecule has 100 valence electrons. The number of carboxylic acid groups (broad SMARTS) is 1. The van der Waals surface area contributed by atoms with Crippen LogP contribution in [0.5, 0.6) is 0 Å². The van der Waals surface area contributed by atoms with Crippen LogP contribution in [-0.4, -0.2) is 36.2 Å². The Bertz CT molecular complexity index is 253. The van der Waals surface area contributed by atoms with E-state index >= 15 is 0 Å². The summed E-state index contributed by atoms with van der Waals surface area (Å²) in [6.07, 6.45) is 1.82. The molecule has 0 aromatic rings. The molecule has 2 unspecified atom stereocenters. The molecule has 0 aromatic carbocycles. The van der Waals surface area contributed by atoms with Gasteiger partial charge in [-0.25, -0.2) is 0 Å². The van der Waals surface area contributed by atoms with E-state index in [4.69, 9.17) is 5.11 Å². The van der Waals surface area contributed by atoms with Gasteiger partial charge in [-0.3, -0.25) is 14.9 Å². The molecule has 2 atom stereocenters. The van der Waals surface area contributed by atoms with Gasteiger partial charge >= 0.3 is 11.9 Å². The van der Waals surface area contributed by atoms with Gasteiger partial charge in [0.15, 0.2) is 0 Å². The standard InChI is InChI=1S/C12H23NO4/c1-5-6-9(11(14)15)13-10(7-8(2)3)12(16)17-4/h8-10,13H,5-7H2,1-4H3,(H,14,15). The molecule has 0 heterocycles. The Morgan fingerprint density at radius 2 is 1.88 bits per heavy atom. The summed E-state index contributed by atoms with van der Waals surface area (Å²) in [6.45, 7) is 5.87. The quantitative estimate of drug-likeness (QED) is 0.632. The van der Waals surface area contributed by atoms with Crippen molar-refractivity contribution in [3.63, 3.8) is 0 Å². The third-order valence-electron chi connectivity index (χ3n) is 2.47. The molecule has 0 saturated heterocycles. The summed E-state index contributed by atoms with van der Waals surface area (Å²) in [5.41, 5.74) is 0. The third-order valence-corrected chi connectivity index (χ3v) is 2.47. The van der Waals surface area contributed by atoms with E-state index in [1.165, 1.54) is 7.11 Å². The zero-order valence-electron chi connectivity index (χ0n) is 11.0. The van der Waals surface area contributed by atoms with Crippen LogP contribution in [0.2, 0.25) is 0 Å². The van der Waals surface area contributed by atoms with Gasteiger partial charge in [0.2, 0.25) is 0 Å². The number of rotatable bonds is 8. The summed E-state index contributed by atoms with van der Waals surface area (Å²) in [4.78, 5) is 22.5. The number of aliphatic carboxylic acids is 1. The maximum Gasteiger partial charge on any atom is 0.322 e. The number of esters is 1. The minimum atomic E-state index is -0.926. The predicted molar refractivity (Wildman–Crippen MR) is 64.7 cm³/mol. The molecule has 0 aromatic heterocycles. The van der Waals surface area contributed by atoms with Crippen molar-refractivity contribution in [2.75, 3.05) is 7.11 Å². The van der Waals surface area contributed by atoms with Gasteiger partial charge in [-0.1, -0.05) is 27.2 Å². The summed E-state index contributed by atoms with van der Waals surface area (Å²) >= 11 is 0. The third kappa shape index (κ3) is 6.26. The van der Waals surface area contributed by atoms with E-state index in [-0.39, 0.29) is 0 Å². The van der Waals surface area contributed by atoms with Gasteiger partial charge in [-0.05, 0) is 18.8 Å². The molecule has 0 fully saturated rings. The Morgan fingerprint density at radius 1 is 1.29 bits per heavy atom. The van der Waals surface area contributed by atoms with Crippen molar-refractivity contribution in [1.82, 2.24) is 5.32 Å². The molecular weight excluding hydrogens is 222 g/mol. The number of methoxy groups -OCH3 is 1. The minimum absolute atomic E-state index is 0.294. The molecular formula is C12H23NO4. The van der Waals surface area contributed by atoms with E-state index in [2.05, 4.69) is 10.1 Å². The molecule has 2 N–H and O–H groups in total. The van der Waals surface area contributed by atoms with Crippen molar-refractivity contribution >= 4 is 11.9 Å². The largest absolute Gasteiger partial charge is 0.480 e. The van der Waals surface area contributed by atoms with E-state index in [0.717, 1.165) is 6.42 Å². The average molecular weight is 245 g/mol. The molecule has 0 radical (unpaired) electrons. The first-order valence-electron chi connectivity index (χ1n) is 5.99. The molecule has 0 aliphatic carbocycles. The van der Waals surface area contributed by atoms with E-state index in [1.807, 2.05) is 20.8 Å². The molecule has 0 aliphatic heterocycles. The molecule has 0 rings (SSSR count). The number of carbonyl (C=O) groups excluding carboxylic acids is 1. The fraction of sp³-hybridized carbons (Fsp3) is 0.833. The van der Waals surface area contributed by atoms with Gasteiger partial charge in [-0.15, -0.1) is 0 Å². The highest BCUT2D eigenvalue weighted by Gasteiger charge is 2.26. The van der Waals surface area contributed by atoms with Crippen LogP contribution in [0.15, 0.2) is 0 Å². The lowest BCUT2D eigenvalue weighted by atomic mass is 10.0. The summed E-state index contributed by atoms with van der Waals surface area (Å²) in [7, 11) is 1.31. The fourth-order valence-electron chi connectivity index (χ4n) is 1.66. The van der Waals surface area contributed by atoms with Gasteiger partial charge in [0.1, 0.15) is 12.1 Å². The van der Waals surface area contributed by atoms with Crippen LogP contribution < -0.4 is 5.32 Å². The molecule has 0 spiro atoms. The second-order valence-corrected chi connectivity index (χ2v) is 4.55. The molecule has 0 aliphatic rings. The zero-order valence-corrected chi connectivity index (χ0v) is 11.0. The smallest absolute Gasteiger partial charge is 0.322 e. The first-order valence-corrected chi connectivity index (χ1v) is 5.99. The highest BCUT2D eigenvalue weighted by Crippen LogP contribution is 2.09. The van der Waals surface area contributed by atoms with E-state index < -0.39 is 24.0 Å². The maximum atomic E-state index is 11.5. The molecule has 0 amide bonds. The van der Waals surface area contributed by atoms with Crippen LogP contribution in [0.1, 0.15) is 40.0 Å². The number of carboxylic acids is 1. The Kier molecular flexibility index (Phi) is 7.54. The average Bonchev–Trinajstić information content (AvgIpc) is 2.25. The van der Waals surface area contributed by atoms with Crippen molar-refractivity contribution in [3.05, 3.63) is 0 Å². The molecule has 5 nitrogen and oxygen atoms in total. The second-order valence-electron chi connectivity index (χ2n) is 4.55. The van der Waals surface area contributed by atoms with E-state index in [0.29, 0.717) is 18.8 Å². The Morgan fingerprint density at radius 3 is 2.24 bits per heavy atom. The van der Waals surface area contributed by atoms with Gasteiger partial charge in [0.25, 0.3) is 0 Å². The lowest BCUT2D eigenvalue weighted by Crippen LogP contribution is -2.48. The van der Waals surface area contributed by atoms with Crippen molar-refractivity contribution in [2.45, 2.75) is 52.1 Å². The summed E-state index contributed by atoms with van der Waals surface area (Å²) in [5.74, 6) is -1.03. The Labute approximate surface area is 103 Å². The Hall–Kier alpha value is -1.10. The highest BCUT2D eigenvalue weighted by atomic mass is 16.5. The lowest BCUT2D eigenvalue weighted by molar-refractivity contribution is -0.145. The predicted octanol–water partition coefficient (Wildman–Crippen LogP) is 1.42. The van der Waals surface area contributed by atoms with Crippen LogP contribution in [0.3, 0.4) is 0 Å². The molecule has 17 heavy (non-hydrogen) atoms. The summed E-state index contributed by atoms with van der Waals surface area (Å²) in [5, 5.41) is 11.9. The van der Waals surface area contributed by atoms with Crippen LogP contribution in [0.25, 0.3) is 0 Å². The number of nitrogens with one attached hydrogen (secondary N) is 1. The minimum Gasteiger partial charge on any atom is -0.480 e. The van der Waals surface area contributed by atoms with Crippen LogP contribution in [0, 0.1) is 5.92 Å². The number of hydrogen-bond donors (Lipinski definition) is 2. The van der Waals surface area contributed by atoms with Gasteiger partial charge in [0.05, 0.1) is 7.11 Å². The highest BCUT2D eigenvalue weighted by molar-refractivity contribution is 5.78. The first-order chi connectivity index (χ1) is 7.92. The fourth-order valence-corrected chi connectivity index (χ4v) is 1.66. The summed E-state index contributed by atoms with van der Waals surface area (Å²) < 4.78 is 4.68.